The Bertz CT molecular complexity index is 515. The highest BCUT2D eigenvalue weighted by Gasteiger charge is 2.13. The summed E-state index contributed by atoms with van der Waals surface area (Å²) < 4.78 is 5.43. The minimum Gasteiger partial charge on any atom is -0.478 e. The van der Waals surface area contributed by atoms with Gasteiger partial charge in [-0.05, 0) is 20.3 Å². The number of hydrogen-bond acceptors (Lipinski definition) is 6. The van der Waals surface area contributed by atoms with Gasteiger partial charge in [0.25, 0.3) is 0 Å². The highest BCUT2D eigenvalue weighted by Crippen LogP contribution is 2.24. The van der Waals surface area contributed by atoms with E-state index in [4.69, 9.17) is 4.74 Å². The van der Waals surface area contributed by atoms with Crippen LogP contribution in [0.3, 0.4) is 0 Å². The second-order valence-electron chi connectivity index (χ2n) is 4.05. The molecule has 1 atom stereocenters. The molecule has 0 aliphatic carbocycles. The van der Waals surface area contributed by atoms with E-state index in [9.17, 15) is 0 Å². The predicted octanol–water partition coefficient (Wildman–Crippen LogP) is 3.20. The molecule has 102 valence electrons. The van der Waals surface area contributed by atoms with Gasteiger partial charge in [0.15, 0.2) is 0 Å². The van der Waals surface area contributed by atoms with Crippen LogP contribution in [0.5, 0.6) is 5.88 Å². The monoisotopic (exact) mass is 278 g/mol. The zero-order valence-electron chi connectivity index (χ0n) is 11.4. The van der Waals surface area contributed by atoms with Gasteiger partial charge in [0.1, 0.15) is 16.6 Å². The number of aryl methyl sites for hydroxylation is 1. The molecular weight excluding hydrogens is 260 g/mol. The van der Waals surface area contributed by atoms with Gasteiger partial charge in [-0.15, -0.1) is 11.3 Å². The van der Waals surface area contributed by atoms with Gasteiger partial charge < -0.3 is 10.1 Å². The second kappa shape index (κ2) is 6.47. The highest BCUT2D eigenvalue weighted by atomic mass is 32.1. The van der Waals surface area contributed by atoms with Gasteiger partial charge in [-0.25, -0.2) is 9.97 Å². The standard InChI is InChI=1S/C13H18N4OS/c1-4-10(13-14-6-7-19-13)17-11-8-12(18-5-2)16-9(3)15-11/h6-8,10H,4-5H2,1-3H3,(H,15,16,17). The second-order valence-corrected chi connectivity index (χ2v) is 4.97. The molecule has 0 saturated carbocycles. The molecule has 19 heavy (non-hydrogen) atoms. The minimum absolute atomic E-state index is 0.170. The molecule has 0 fully saturated rings. The number of ether oxygens (including phenoxy) is 1. The molecule has 0 bridgehead atoms. The Morgan fingerprint density at radius 3 is 2.84 bits per heavy atom. The van der Waals surface area contributed by atoms with Crippen LogP contribution >= 0.6 is 11.3 Å². The third-order valence-electron chi connectivity index (χ3n) is 2.59. The summed E-state index contributed by atoms with van der Waals surface area (Å²) in [6.45, 7) is 6.52. The minimum atomic E-state index is 0.170. The zero-order valence-corrected chi connectivity index (χ0v) is 12.2. The van der Waals surface area contributed by atoms with E-state index in [0.29, 0.717) is 18.3 Å². The van der Waals surface area contributed by atoms with E-state index in [2.05, 4.69) is 27.2 Å². The molecule has 0 saturated heterocycles. The lowest BCUT2D eigenvalue weighted by Crippen LogP contribution is -2.11. The first-order valence-electron chi connectivity index (χ1n) is 6.37. The summed E-state index contributed by atoms with van der Waals surface area (Å²) in [5, 5.41) is 6.44. The number of hydrogen-bond donors (Lipinski definition) is 1. The van der Waals surface area contributed by atoms with Gasteiger partial charge in [0.05, 0.1) is 12.6 Å². The molecule has 5 nitrogen and oxygen atoms in total. The molecule has 0 amide bonds. The Labute approximate surface area is 117 Å². The topological polar surface area (TPSA) is 59.9 Å². The Morgan fingerprint density at radius 1 is 1.37 bits per heavy atom. The van der Waals surface area contributed by atoms with Crippen molar-refractivity contribution in [1.82, 2.24) is 15.0 Å². The summed E-state index contributed by atoms with van der Waals surface area (Å²) in [5.74, 6) is 2.08. The van der Waals surface area contributed by atoms with Crippen molar-refractivity contribution in [2.24, 2.45) is 0 Å². The van der Waals surface area contributed by atoms with Gasteiger partial charge in [-0.3, -0.25) is 0 Å². The van der Waals surface area contributed by atoms with Gasteiger partial charge in [-0.2, -0.15) is 4.98 Å². The Kier molecular flexibility index (Phi) is 4.68. The van der Waals surface area contributed by atoms with Gasteiger partial charge in [0.2, 0.25) is 5.88 Å². The van der Waals surface area contributed by atoms with E-state index in [-0.39, 0.29) is 6.04 Å². The van der Waals surface area contributed by atoms with E-state index in [1.165, 1.54) is 0 Å². The van der Waals surface area contributed by atoms with Crippen molar-refractivity contribution >= 4 is 17.2 Å². The van der Waals surface area contributed by atoms with Crippen LogP contribution in [-0.4, -0.2) is 21.6 Å². The van der Waals surface area contributed by atoms with Crippen LogP contribution in [0.4, 0.5) is 5.82 Å². The number of nitrogens with zero attached hydrogens (tertiary/aromatic N) is 3. The number of aromatic nitrogens is 3. The maximum atomic E-state index is 5.43. The first-order chi connectivity index (χ1) is 9.22. The van der Waals surface area contributed by atoms with Crippen molar-refractivity contribution in [2.45, 2.75) is 33.2 Å². The molecule has 1 N–H and O–H groups in total. The van der Waals surface area contributed by atoms with Gasteiger partial charge >= 0.3 is 0 Å². The average Bonchev–Trinajstić information content (AvgIpc) is 2.89. The van der Waals surface area contributed by atoms with Crippen LogP contribution in [0.25, 0.3) is 0 Å². The number of rotatable bonds is 6. The lowest BCUT2D eigenvalue weighted by molar-refractivity contribution is 0.325. The van der Waals surface area contributed by atoms with E-state index >= 15 is 0 Å². The SMILES string of the molecule is CCOc1cc(NC(CC)c2nccs2)nc(C)n1. The third kappa shape index (κ3) is 3.64. The van der Waals surface area contributed by atoms with Crippen molar-refractivity contribution in [3.63, 3.8) is 0 Å². The maximum absolute atomic E-state index is 5.43. The number of anilines is 1. The molecular formula is C13H18N4OS. The molecule has 1 unspecified atom stereocenters. The smallest absolute Gasteiger partial charge is 0.218 e. The third-order valence-corrected chi connectivity index (χ3v) is 3.48. The summed E-state index contributed by atoms with van der Waals surface area (Å²) in [6, 6.07) is 2.00. The fourth-order valence-electron chi connectivity index (χ4n) is 1.76. The quantitative estimate of drug-likeness (QED) is 0.879. The van der Waals surface area contributed by atoms with E-state index in [1.54, 1.807) is 11.3 Å². The predicted molar refractivity (Wildman–Crippen MR) is 76.7 cm³/mol. The Morgan fingerprint density at radius 2 is 2.21 bits per heavy atom. The molecule has 6 heteroatoms. The van der Waals surface area contributed by atoms with Crippen LogP contribution in [0.15, 0.2) is 17.6 Å². The van der Waals surface area contributed by atoms with Crippen LogP contribution in [0, 0.1) is 6.92 Å². The number of nitrogens with one attached hydrogen (secondary N) is 1. The van der Waals surface area contributed by atoms with E-state index < -0.39 is 0 Å². The Hall–Kier alpha value is -1.69. The van der Waals surface area contributed by atoms with Crippen molar-refractivity contribution in [3.05, 3.63) is 28.5 Å². The molecule has 0 radical (unpaired) electrons. The van der Waals surface area contributed by atoms with Crippen LogP contribution in [-0.2, 0) is 0 Å². The summed E-state index contributed by atoms with van der Waals surface area (Å²) in [6.07, 6.45) is 2.77. The van der Waals surface area contributed by atoms with Crippen LogP contribution in [0.2, 0.25) is 0 Å². The molecule has 2 aromatic heterocycles. The Balaban J connectivity index is 2.17. The molecule has 2 heterocycles. The highest BCUT2D eigenvalue weighted by molar-refractivity contribution is 7.09. The summed E-state index contributed by atoms with van der Waals surface area (Å²) in [5.41, 5.74) is 0. The fourth-order valence-corrected chi connectivity index (χ4v) is 2.53. The van der Waals surface area contributed by atoms with E-state index in [1.807, 2.05) is 31.5 Å². The van der Waals surface area contributed by atoms with Crippen molar-refractivity contribution in [1.29, 1.82) is 0 Å². The summed E-state index contributed by atoms with van der Waals surface area (Å²) >= 11 is 1.65. The van der Waals surface area contributed by atoms with Crippen LogP contribution < -0.4 is 10.1 Å². The molecule has 0 spiro atoms. The first-order valence-corrected chi connectivity index (χ1v) is 7.25. The number of thiazole rings is 1. The van der Waals surface area contributed by atoms with Crippen molar-refractivity contribution < 1.29 is 4.74 Å². The lowest BCUT2D eigenvalue weighted by Gasteiger charge is -2.16. The first kappa shape index (κ1) is 13.7. The van der Waals surface area contributed by atoms with E-state index in [0.717, 1.165) is 17.2 Å². The average molecular weight is 278 g/mol. The largest absolute Gasteiger partial charge is 0.478 e. The van der Waals surface area contributed by atoms with Gasteiger partial charge in [-0.1, -0.05) is 6.92 Å². The zero-order chi connectivity index (χ0) is 13.7. The lowest BCUT2D eigenvalue weighted by atomic mass is 10.2. The van der Waals surface area contributed by atoms with Crippen molar-refractivity contribution in [3.8, 4) is 5.88 Å². The van der Waals surface area contributed by atoms with Crippen molar-refractivity contribution in [2.75, 3.05) is 11.9 Å². The molecule has 0 aliphatic rings. The molecule has 0 aromatic carbocycles. The molecule has 0 aliphatic heterocycles. The molecule has 2 rings (SSSR count). The van der Waals surface area contributed by atoms with Crippen LogP contribution in [0.1, 0.15) is 37.1 Å². The molecule has 2 aromatic rings. The normalized spacial score (nSPS) is 12.2. The summed E-state index contributed by atoms with van der Waals surface area (Å²) in [7, 11) is 0. The summed E-state index contributed by atoms with van der Waals surface area (Å²) in [4.78, 5) is 13.0. The maximum Gasteiger partial charge on any atom is 0.218 e. The fraction of sp³-hybridized carbons (Fsp3) is 0.462. The van der Waals surface area contributed by atoms with Gasteiger partial charge in [0, 0.05) is 17.6 Å².